The molecular weight excluding hydrogens is 286 g/mol. The Morgan fingerprint density at radius 1 is 1.31 bits per heavy atom. The number of rotatable bonds is 1. The van der Waals surface area contributed by atoms with Gasteiger partial charge in [0.05, 0.1) is 4.88 Å². The first-order chi connectivity index (χ1) is 7.75. The molecule has 0 aliphatic heterocycles. The van der Waals surface area contributed by atoms with Gasteiger partial charge in [0, 0.05) is 15.7 Å². The highest BCUT2D eigenvalue weighted by Gasteiger charge is 2.19. The van der Waals surface area contributed by atoms with Crippen molar-refractivity contribution in [1.29, 1.82) is 0 Å². The summed E-state index contributed by atoms with van der Waals surface area (Å²) < 4.78 is 1.04. The Kier molecular flexibility index (Phi) is 2.44. The van der Waals surface area contributed by atoms with Crippen LogP contribution in [0.5, 0.6) is 0 Å². The topological polar surface area (TPSA) is 51.8 Å². The molecular formula is C11H10BrN3S. The van der Waals surface area contributed by atoms with Crippen LogP contribution in [-0.4, -0.2) is 9.97 Å². The molecule has 1 aliphatic rings. The Labute approximate surface area is 106 Å². The zero-order valence-electron chi connectivity index (χ0n) is 8.53. The molecule has 0 spiro atoms. The molecule has 0 unspecified atom stereocenters. The largest absolute Gasteiger partial charge is 0.383 e. The first-order valence-corrected chi connectivity index (χ1v) is 6.81. The van der Waals surface area contributed by atoms with Crippen molar-refractivity contribution in [3.63, 3.8) is 0 Å². The van der Waals surface area contributed by atoms with Crippen LogP contribution in [0.2, 0.25) is 0 Å². The lowest BCUT2D eigenvalue weighted by atomic mass is 10.2. The van der Waals surface area contributed by atoms with Gasteiger partial charge in [-0.3, -0.25) is 0 Å². The van der Waals surface area contributed by atoms with E-state index in [-0.39, 0.29) is 0 Å². The van der Waals surface area contributed by atoms with Gasteiger partial charge in [0.2, 0.25) is 0 Å². The van der Waals surface area contributed by atoms with Crippen molar-refractivity contribution in [2.24, 2.45) is 0 Å². The SMILES string of the molecule is Nc1nc(-c2sccc2Br)nc2c1CCC2. The maximum atomic E-state index is 5.97. The average Bonchev–Trinajstić information content (AvgIpc) is 2.85. The predicted octanol–water partition coefficient (Wildman–Crippen LogP) is 3.04. The summed E-state index contributed by atoms with van der Waals surface area (Å²) in [5.74, 6) is 1.40. The Hall–Kier alpha value is -0.940. The summed E-state index contributed by atoms with van der Waals surface area (Å²) in [7, 11) is 0. The molecule has 82 valence electrons. The Morgan fingerprint density at radius 3 is 2.94 bits per heavy atom. The van der Waals surface area contributed by atoms with Crippen molar-refractivity contribution in [2.75, 3.05) is 5.73 Å². The van der Waals surface area contributed by atoms with Crippen LogP contribution in [0.3, 0.4) is 0 Å². The number of aromatic nitrogens is 2. The smallest absolute Gasteiger partial charge is 0.173 e. The minimum atomic E-state index is 0.651. The van der Waals surface area contributed by atoms with E-state index in [1.807, 2.05) is 11.4 Å². The molecule has 3 nitrogen and oxygen atoms in total. The summed E-state index contributed by atoms with van der Waals surface area (Å²) in [6.07, 6.45) is 3.19. The van der Waals surface area contributed by atoms with Gasteiger partial charge in [-0.2, -0.15) is 0 Å². The van der Waals surface area contributed by atoms with E-state index in [0.29, 0.717) is 5.82 Å². The van der Waals surface area contributed by atoms with E-state index >= 15 is 0 Å². The molecule has 0 radical (unpaired) electrons. The van der Waals surface area contributed by atoms with E-state index in [1.54, 1.807) is 11.3 Å². The van der Waals surface area contributed by atoms with Gasteiger partial charge in [0.25, 0.3) is 0 Å². The van der Waals surface area contributed by atoms with Crippen molar-refractivity contribution < 1.29 is 0 Å². The summed E-state index contributed by atoms with van der Waals surface area (Å²) in [5, 5.41) is 2.02. The van der Waals surface area contributed by atoms with Gasteiger partial charge in [0.1, 0.15) is 5.82 Å². The molecule has 0 fully saturated rings. The highest BCUT2D eigenvalue weighted by Crippen LogP contribution is 2.34. The molecule has 2 aromatic rings. The molecule has 0 saturated heterocycles. The number of fused-ring (bicyclic) bond motifs is 1. The van der Waals surface area contributed by atoms with Crippen LogP contribution in [0.25, 0.3) is 10.7 Å². The van der Waals surface area contributed by atoms with E-state index in [4.69, 9.17) is 5.73 Å². The van der Waals surface area contributed by atoms with E-state index in [9.17, 15) is 0 Å². The third kappa shape index (κ3) is 1.55. The maximum absolute atomic E-state index is 5.97. The molecule has 0 bridgehead atoms. The highest BCUT2D eigenvalue weighted by atomic mass is 79.9. The third-order valence-electron chi connectivity index (χ3n) is 2.79. The van der Waals surface area contributed by atoms with Crippen molar-refractivity contribution in [2.45, 2.75) is 19.3 Å². The number of anilines is 1. The van der Waals surface area contributed by atoms with Crippen LogP contribution in [0.4, 0.5) is 5.82 Å². The molecule has 16 heavy (non-hydrogen) atoms. The van der Waals surface area contributed by atoms with Crippen LogP contribution < -0.4 is 5.73 Å². The molecule has 0 saturated carbocycles. The predicted molar refractivity (Wildman–Crippen MR) is 69.5 cm³/mol. The van der Waals surface area contributed by atoms with E-state index in [0.717, 1.165) is 45.7 Å². The molecule has 5 heteroatoms. The molecule has 3 rings (SSSR count). The molecule has 0 amide bonds. The lowest BCUT2D eigenvalue weighted by molar-refractivity contribution is 0.900. The molecule has 0 atom stereocenters. The van der Waals surface area contributed by atoms with Gasteiger partial charge < -0.3 is 5.73 Å². The van der Waals surface area contributed by atoms with Crippen molar-refractivity contribution in [3.05, 3.63) is 27.2 Å². The Morgan fingerprint density at radius 2 is 2.19 bits per heavy atom. The average molecular weight is 296 g/mol. The third-order valence-corrected chi connectivity index (χ3v) is 4.62. The first-order valence-electron chi connectivity index (χ1n) is 5.14. The quantitative estimate of drug-likeness (QED) is 0.880. The number of halogens is 1. The van der Waals surface area contributed by atoms with E-state index in [2.05, 4.69) is 25.9 Å². The second kappa shape index (κ2) is 3.82. The van der Waals surface area contributed by atoms with Gasteiger partial charge in [-0.15, -0.1) is 11.3 Å². The number of aryl methyl sites for hydroxylation is 1. The zero-order chi connectivity index (χ0) is 11.1. The Bertz CT molecular complexity index is 550. The van der Waals surface area contributed by atoms with Crippen LogP contribution in [0.1, 0.15) is 17.7 Å². The highest BCUT2D eigenvalue weighted by molar-refractivity contribution is 9.10. The van der Waals surface area contributed by atoms with E-state index < -0.39 is 0 Å². The van der Waals surface area contributed by atoms with Crippen LogP contribution >= 0.6 is 27.3 Å². The zero-order valence-corrected chi connectivity index (χ0v) is 10.9. The minimum Gasteiger partial charge on any atom is -0.383 e. The molecule has 2 N–H and O–H groups in total. The van der Waals surface area contributed by atoms with Gasteiger partial charge in [0.15, 0.2) is 5.82 Å². The van der Waals surface area contributed by atoms with Crippen LogP contribution in [0.15, 0.2) is 15.9 Å². The van der Waals surface area contributed by atoms with Gasteiger partial charge in [-0.25, -0.2) is 9.97 Å². The lowest BCUT2D eigenvalue weighted by Crippen LogP contribution is -2.02. The fraction of sp³-hybridized carbons (Fsp3) is 0.273. The van der Waals surface area contributed by atoms with Gasteiger partial charge in [-0.1, -0.05) is 0 Å². The fourth-order valence-electron chi connectivity index (χ4n) is 2.02. The number of nitrogens with two attached hydrogens (primary N) is 1. The first kappa shape index (κ1) is 10.2. The second-order valence-electron chi connectivity index (χ2n) is 3.81. The standard InChI is InChI=1S/C11H10BrN3S/c12-7-4-5-16-9(7)11-14-8-3-1-2-6(8)10(13)15-11/h4-5H,1-3H2,(H2,13,14,15). The molecule has 2 heterocycles. The van der Waals surface area contributed by atoms with Gasteiger partial charge in [-0.05, 0) is 46.6 Å². The monoisotopic (exact) mass is 295 g/mol. The number of hydrogen-bond acceptors (Lipinski definition) is 4. The molecule has 1 aliphatic carbocycles. The minimum absolute atomic E-state index is 0.651. The summed E-state index contributed by atoms with van der Waals surface area (Å²) >= 11 is 5.13. The second-order valence-corrected chi connectivity index (χ2v) is 5.58. The molecule has 2 aromatic heterocycles. The number of hydrogen-bond donors (Lipinski definition) is 1. The van der Waals surface area contributed by atoms with Crippen molar-refractivity contribution in [1.82, 2.24) is 9.97 Å². The van der Waals surface area contributed by atoms with Crippen molar-refractivity contribution in [3.8, 4) is 10.7 Å². The van der Waals surface area contributed by atoms with Crippen LogP contribution in [-0.2, 0) is 12.8 Å². The Balaban J connectivity index is 2.17. The number of nitrogen functional groups attached to an aromatic ring is 1. The number of thiophene rings is 1. The summed E-state index contributed by atoms with van der Waals surface area (Å²) in [6.45, 7) is 0. The summed E-state index contributed by atoms with van der Waals surface area (Å²) in [5.41, 5.74) is 8.24. The lowest BCUT2D eigenvalue weighted by Gasteiger charge is -2.05. The van der Waals surface area contributed by atoms with Gasteiger partial charge >= 0.3 is 0 Å². The van der Waals surface area contributed by atoms with Crippen LogP contribution in [0, 0.1) is 0 Å². The normalized spacial score (nSPS) is 14.1. The van der Waals surface area contributed by atoms with Crippen molar-refractivity contribution >= 4 is 33.1 Å². The maximum Gasteiger partial charge on any atom is 0.173 e. The number of nitrogens with zero attached hydrogens (tertiary/aromatic N) is 2. The summed E-state index contributed by atoms with van der Waals surface area (Å²) in [6, 6.07) is 2.01. The molecule has 0 aromatic carbocycles. The fourth-order valence-corrected chi connectivity index (χ4v) is 3.50. The van der Waals surface area contributed by atoms with E-state index in [1.165, 1.54) is 0 Å². The summed E-state index contributed by atoms with van der Waals surface area (Å²) in [4.78, 5) is 10.1.